The number of fused-ring (bicyclic) bond motifs is 1. The smallest absolute Gasteiger partial charge is 0.329 e. The number of hydrogen-bond acceptors (Lipinski definition) is 21. The Morgan fingerprint density at radius 3 is 1.64 bits per heavy atom. The lowest BCUT2D eigenvalue weighted by molar-refractivity contribution is -0.156. The number of H-pyrrole nitrogens is 1. The summed E-state index contributed by atoms with van der Waals surface area (Å²) in [6.45, 7) is 4.55. The number of benzene rings is 2. The van der Waals surface area contributed by atoms with Crippen LogP contribution in [0.3, 0.4) is 0 Å². The maximum atomic E-state index is 14.8. The number of primary amides is 1. The van der Waals surface area contributed by atoms with Crippen molar-refractivity contribution in [2.75, 3.05) is 32.8 Å². The predicted molar refractivity (Wildman–Crippen MR) is 374 cm³/mol. The second kappa shape index (κ2) is 44.1. The third kappa shape index (κ3) is 29.5. The number of aromatic nitrogens is 1. The van der Waals surface area contributed by atoms with Gasteiger partial charge in [-0.2, -0.15) is 0 Å². The molecule has 2 aromatic carbocycles. The van der Waals surface area contributed by atoms with Gasteiger partial charge < -0.3 is 111 Å². The molecule has 0 spiro atoms. The van der Waals surface area contributed by atoms with E-state index in [-0.39, 0.29) is 38.6 Å². The number of esters is 1. The molecule has 0 aliphatic carbocycles. The van der Waals surface area contributed by atoms with E-state index in [0.29, 0.717) is 34.4 Å². The first kappa shape index (κ1) is 86.7. The molecule has 2 heterocycles. The lowest BCUT2D eigenvalue weighted by Gasteiger charge is -2.30. The topological polar surface area (TPSA) is 601 Å². The highest BCUT2D eigenvalue weighted by Gasteiger charge is 2.40. The van der Waals surface area contributed by atoms with Gasteiger partial charge in [0.25, 0.3) is 0 Å². The van der Waals surface area contributed by atoms with Crippen LogP contribution in [0.4, 0.5) is 0 Å². The highest BCUT2D eigenvalue weighted by molar-refractivity contribution is 6.01. The van der Waals surface area contributed by atoms with Gasteiger partial charge in [0.15, 0.2) is 0 Å². The largest absolute Gasteiger partial charge is 0.481 e. The van der Waals surface area contributed by atoms with E-state index in [9.17, 15) is 97.1 Å². The van der Waals surface area contributed by atoms with Crippen LogP contribution >= 0.6 is 0 Å². The van der Waals surface area contributed by atoms with Gasteiger partial charge in [0.2, 0.25) is 76.8 Å². The highest BCUT2D eigenvalue weighted by Crippen LogP contribution is 2.21. The predicted octanol–water partition coefficient (Wildman–Crippen LogP) is -5.10. The number of aliphatic hydroxyl groups excluding tert-OH is 2. The van der Waals surface area contributed by atoms with Crippen molar-refractivity contribution in [2.24, 2.45) is 29.0 Å². The molecule has 37 nitrogen and oxygen atoms in total. The molecule has 14 atom stereocenters. The molecule has 1 fully saturated rings. The Hall–Kier alpha value is -10.7. The number of aliphatic hydroxyl groups is 2. The number of hydrogen-bond donors (Lipinski definition) is 20. The Morgan fingerprint density at radius 2 is 1.10 bits per heavy atom. The molecule has 1 saturated heterocycles. The SMILES string of the molecule is CCC(C)CCCCC(O)CC(=O)NC(CO)C(=O)NC1C(=O)NC(CCN)C(=O)NC(CC(=O)O)C(=O)NCC(=O)NC(CC(N)=O)C(=O)NC(CC(=O)O)C(=O)NCC(=O)NC(Cc2c[nH]c3ccccc23)C(=O)NC(C(C)CC)C(=O)NC(CCN)C(=O)NC(Cc2ccccc2)C(=O)OC1C. The van der Waals surface area contributed by atoms with Gasteiger partial charge in [-0.15, -0.1) is 0 Å². The highest BCUT2D eigenvalue weighted by atomic mass is 16.5. The fraction of sp³-hybridized carbons (Fsp3) is 0.559. The van der Waals surface area contributed by atoms with E-state index in [2.05, 4.69) is 70.4 Å². The average molecular weight is 1480 g/mol. The van der Waals surface area contributed by atoms with Gasteiger partial charge in [-0.3, -0.25) is 71.9 Å². The molecule has 13 amide bonds. The number of nitrogens with two attached hydrogens (primary N) is 3. The monoisotopic (exact) mass is 1480 g/mol. The van der Waals surface area contributed by atoms with Crippen LogP contribution in [0, 0.1) is 11.8 Å². The maximum Gasteiger partial charge on any atom is 0.329 e. The van der Waals surface area contributed by atoms with Gasteiger partial charge in [-0.25, -0.2) is 4.79 Å². The molecule has 1 aliphatic heterocycles. The minimum absolute atomic E-state index is 0.217. The summed E-state index contributed by atoms with van der Waals surface area (Å²) in [5.41, 5.74) is 18.8. The Bertz CT molecular complexity index is 3520. The van der Waals surface area contributed by atoms with Crippen LogP contribution in [-0.2, 0) is 94.3 Å². The van der Waals surface area contributed by atoms with Crippen LogP contribution in [0.2, 0.25) is 0 Å². The van der Waals surface area contributed by atoms with Crippen LogP contribution in [0.1, 0.15) is 123 Å². The summed E-state index contributed by atoms with van der Waals surface area (Å²) in [5.74, 6) is -20.5. The summed E-state index contributed by atoms with van der Waals surface area (Å²) in [6.07, 6.45) is -3.23. The number of carboxylic acids is 2. The number of para-hydroxylation sites is 1. The van der Waals surface area contributed by atoms with Crippen molar-refractivity contribution in [3.05, 3.63) is 71.9 Å². The zero-order valence-corrected chi connectivity index (χ0v) is 59.3. The third-order valence-corrected chi connectivity index (χ3v) is 17.3. The van der Waals surface area contributed by atoms with Crippen molar-refractivity contribution in [3.63, 3.8) is 0 Å². The molecule has 105 heavy (non-hydrogen) atoms. The number of rotatable bonds is 28. The fourth-order valence-electron chi connectivity index (χ4n) is 11.0. The quantitative estimate of drug-likeness (QED) is 0.0239. The number of carbonyl (C=O) groups excluding carboxylic acids is 14. The van der Waals surface area contributed by atoms with Gasteiger partial charge in [0, 0.05) is 29.9 Å². The average Bonchev–Trinajstić information content (AvgIpc) is 1.72. The number of ether oxygens (including phenoxy) is 1. The minimum Gasteiger partial charge on any atom is -0.481 e. The lowest BCUT2D eigenvalue weighted by atomic mass is 9.96. The Labute approximate surface area is 605 Å². The van der Waals surface area contributed by atoms with Gasteiger partial charge in [-0.05, 0) is 68.3 Å². The number of cyclic esters (lactones) is 1. The summed E-state index contributed by atoms with van der Waals surface area (Å²) in [4.78, 5) is 223. The Morgan fingerprint density at radius 1 is 0.590 bits per heavy atom. The van der Waals surface area contributed by atoms with Crippen LogP contribution in [0.25, 0.3) is 10.9 Å². The first-order chi connectivity index (χ1) is 49.8. The van der Waals surface area contributed by atoms with E-state index in [1.807, 2.05) is 12.2 Å². The van der Waals surface area contributed by atoms with Crippen molar-refractivity contribution in [2.45, 2.75) is 197 Å². The van der Waals surface area contributed by atoms with Gasteiger partial charge >= 0.3 is 17.9 Å². The number of amides is 13. The molecule has 0 bridgehead atoms. The second-order valence-electron chi connectivity index (χ2n) is 25.7. The number of aromatic amines is 1. The van der Waals surface area contributed by atoms with Gasteiger partial charge in [0.05, 0.1) is 51.5 Å². The normalized spacial score (nSPS) is 23.3. The Balaban J connectivity index is 1.86. The minimum atomic E-state index is -2.14. The molecule has 0 saturated carbocycles. The standard InChI is InChI=1S/C68H100N16O21/c1-6-35(3)15-11-12-18-40(86)27-52(88)77-50(34-85)65(101)84-58-37(5)105-68(104)49(25-38-16-9-8-10-17-38)82-62(98)44(22-24-70)78-66(102)57(36(4)7-2)83-64(100)45(26-39-31-72-42-20-14-13-19-41(39)42)75-53(89)32-73-60(96)48(30-56(93)94)81-63(99)46(28-51(71)87)76-54(90)33-74-59(95)47(29-55(91)92)80-61(97)43(21-23-69)79-67(58)103/h8-10,13-14,16-17,19-20,31,35-37,40,43-50,57-58,72,85-86H,6-7,11-12,15,18,21-30,32-34,69-70H2,1-5H3,(H2,71,87)(H,73,96)(H,74,95)(H,75,89)(H,76,90)(H,77,88)(H,78,102)(H,79,103)(H,80,97)(H,81,99)(H,82,98)(H,83,100)(H,84,101)(H,91,92)(H,93,94). The van der Waals surface area contributed by atoms with Crippen molar-refractivity contribution in [3.8, 4) is 0 Å². The van der Waals surface area contributed by atoms with Gasteiger partial charge in [-0.1, -0.05) is 108 Å². The summed E-state index contributed by atoms with van der Waals surface area (Å²) in [5, 5.41) is 69.2. The van der Waals surface area contributed by atoms with E-state index in [1.165, 1.54) is 0 Å². The molecule has 37 heteroatoms. The molecule has 578 valence electrons. The van der Waals surface area contributed by atoms with Crippen molar-refractivity contribution in [1.29, 1.82) is 0 Å². The van der Waals surface area contributed by atoms with E-state index in [1.54, 1.807) is 74.6 Å². The number of aliphatic carboxylic acids is 2. The zero-order chi connectivity index (χ0) is 78.0. The second-order valence-corrected chi connectivity index (χ2v) is 25.7. The third-order valence-electron chi connectivity index (χ3n) is 17.3. The number of unbranched alkanes of at least 4 members (excludes halogenated alkanes) is 1. The van der Waals surface area contributed by atoms with Crippen molar-refractivity contribution < 1.29 is 102 Å². The van der Waals surface area contributed by atoms with Gasteiger partial charge in [0.1, 0.15) is 66.5 Å². The molecule has 0 radical (unpaired) electrons. The van der Waals surface area contributed by atoms with Crippen LogP contribution in [0.5, 0.6) is 0 Å². The van der Waals surface area contributed by atoms with Crippen molar-refractivity contribution in [1.82, 2.24) is 68.8 Å². The molecule has 23 N–H and O–H groups in total. The Kier molecular flexibility index (Phi) is 36.4. The van der Waals surface area contributed by atoms with E-state index >= 15 is 0 Å². The molecular weight excluding hydrogens is 1380 g/mol. The summed E-state index contributed by atoms with van der Waals surface area (Å²) in [6, 6.07) is -3.51. The zero-order valence-electron chi connectivity index (χ0n) is 59.3. The van der Waals surface area contributed by atoms with Crippen LogP contribution in [-0.4, -0.2) is 226 Å². The lowest BCUT2D eigenvalue weighted by Crippen LogP contribution is -2.62. The first-order valence-electron chi connectivity index (χ1n) is 34.6. The fourth-order valence-corrected chi connectivity index (χ4v) is 11.0. The number of carbonyl (C=O) groups is 16. The summed E-state index contributed by atoms with van der Waals surface area (Å²) >= 11 is 0. The summed E-state index contributed by atoms with van der Waals surface area (Å²) < 4.78 is 5.87. The van der Waals surface area contributed by atoms with Crippen LogP contribution < -0.4 is 81.0 Å². The maximum absolute atomic E-state index is 14.8. The van der Waals surface area contributed by atoms with E-state index in [4.69, 9.17) is 21.9 Å². The number of nitrogens with one attached hydrogen (secondary N) is 13. The van der Waals surface area contributed by atoms with Crippen molar-refractivity contribution >= 4 is 106 Å². The molecule has 14 unspecified atom stereocenters. The summed E-state index contributed by atoms with van der Waals surface area (Å²) in [7, 11) is 0. The van der Waals surface area contributed by atoms with E-state index < -0.39 is 232 Å². The molecule has 1 aliphatic rings. The van der Waals surface area contributed by atoms with Crippen LogP contribution in [0.15, 0.2) is 60.8 Å². The van der Waals surface area contributed by atoms with E-state index in [0.717, 1.165) is 26.2 Å². The number of carboxylic acid groups (broad SMARTS) is 2. The molecule has 4 rings (SSSR count). The molecule has 3 aromatic rings. The molecular formula is C68H100N16O21. The molecule has 1 aromatic heterocycles. The first-order valence-corrected chi connectivity index (χ1v) is 34.6.